The van der Waals surface area contributed by atoms with E-state index in [1.54, 1.807) is 43.5 Å². The van der Waals surface area contributed by atoms with Crippen LogP contribution in [0.3, 0.4) is 0 Å². The summed E-state index contributed by atoms with van der Waals surface area (Å²) in [5.74, 6) is 0.200. The molecule has 0 saturated heterocycles. The number of nitrogens with zero attached hydrogens (tertiary/aromatic N) is 3. The van der Waals surface area contributed by atoms with E-state index < -0.39 is 0 Å². The van der Waals surface area contributed by atoms with Gasteiger partial charge in [0.05, 0.1) is 17.4 Å². The van der Waals surface area contributed by atoms with Crippen LogP contribution in [-0.2, 0) is 16.1 Å². The minimum absolute atomic E-state index is 0.0610. The van der Waals surface area contributed by atoms with Crippen molar-refractivity contribution in [1.29, 1.82) is 0 Å². The van der Waals surface area contributed by atoms with Crippen molar-refractivity contribution >= 4 is 17.5 Å². The van der Waals surface area contributed by atoms with Crippen molar-refractivity contribution in [2.75, 3.05) is 39.2 Å². The Hall–Kier alpha value is -3.75. The molecule has 1 N–H and O–H groups in total. The zero-order chi connectivity index (χ0) is 29.5. The third kappa shape index (κ3) is 7.71. The number of hydrogen-bond donors (Lipinski definition) is 1. The predicted octanol–water partition coefficient (Wildman–Crippen LogP) is 5.35. The maximum atomic E-state index is 13.6. The molecule has 8 heteroatoms. The van der Waals surface area contributed by atoms with Gasteiger partial charge in [-0.1, -0.05) is 51.1 Å². The van der Waals surface area contributed by atoms with E-state index in [-0.39, 0.29) is 35.8 Å². The first-order valence-electron chi connectivity index (χ1n) is 14.3. The van der Waals surface area contributed by atoms with Crippen LogP contribution < -0.4 is 10.1 Å². The molecule has 0 aliphatic carbocycles. The van der Waals surface area contributed by atoms with Crippen LogP contribution in [0.25, 0.3) is 11.3 Å². The summed E-state index contributed by atoms with van der Waals surface area (Å²) in [5.41, 5.74) is 4.22. The molecule has 8 nitrogen and oxygen atoms in total. The highest BCUT2D eigenvalue weighted by Gasteiger charge is 2.28. The second-order valence-corrected chi connectivity index (χ2v) is 11.3. The Bertz CT molecular complexity index is 1310. The van der Waals surface area contributed by atoms with Crippen molar-refractivity contribution in [3.63, 3.8) is 0 Å². The van der Waals surface area contributed by atoms with Gasteiger partial charge < -0.3 is 19.7 Å². The van der Waals surface area contributed by atoms with Crippen LogP contribution in [0.2, 0.25) is 0 Å². The fourth-order valence-corrected chi connectivity index (χ4v) is 4.99. The van der Waals surface area contributed by atoms with E-state index >= 15 is 0 Å². The first-order valence-corrected chi connectivity index (χ1v) is 14.3. The van der Waals surface area contributed by atoms with Gasteiger partial charge in [0.25, 0.3) is 5.91 Å². The number of amides is 2. The molecule has 4 rings (SSSR count). The number of aromatic nitrogens is 1. The standard InChI is InChI=1S/C33H42N4O4/c1-22(2)32(38)35-27-14-15-30-28(17-27)33(39)36(5)20-31(40-6)23(3)18-37(24(4)21-41-30)19-25-10-12-26(13-11-25)29-9-7-8-16-34-29/h7-17,22-24,31H,18-21H2,1-6H3,(H,35,38)/t23-,24-,31-/m0/s1. The highest BCUT2D eigenvalue weighted by Crippen LogP contribution is 2.27. The lowest BCUT2D eigenvalue weighted by Gasteiger charge is -2.36. The molecule has 0 spiro atoms. The number of carbonyl (C=O) groups is 2. The van der Waals surface area contributed by atoms with E-state index in [2.05, 4.69) is 53.3 Å². The summed E-state index contributed by atoms with van der Waals surface area (Å²) >= 11 is 0. The Labute approximate surface area is 243 Å². The maximum absolute atomic E-state index is 13.6. The molecule has 1 aliphatic rings. The summed E-state index contributed by atoms with van der Waals surface area (Å²) in [4.78, 5) is 34.4. The lowest BCUT2D eigenvalue weighted by Crippen LogP contribution is -2.46. The quantitative estimate of drug-likeness (QED) is 0.439. The third-order valence-corrected chi connectivity index (χ3v) is 7.67. The molecule has 0 unspecified atom stereocenters. The van der Waals surface area contributed by atoms with Crippen LogP contribution in [-0.4, -0.2) is 72.6 Å². The number of anilines is 1. The molecule has 218 valence electrons. The number of nitrogens with one attached hydrogen (secondary N) is 1. The fourth-order valence-electron chi connectivity index (χ4n) is 4.99. The van der Waals surface area contributed by atoms with E-state index in [0.29, 0.717) is 30.2 Å². The molecule has 1 aliphatic heterocycles. The molecule has 2 amide bonds. The number of pyridine rings is 1. The van der Waals surface area contributed by atoms with Crippen LogP contribution >= 0.6 is 0 Å². The number of methoxy groups -OCH3 is 1. The van der Waals surface area contributed by atoms with Gasteiger partial charge in [0.15, 0.2) is 0 Å². The molecule has 0 saturated carbocycles. The minimum atomic E-state index is -0.174. The second kappa shape index (κ2) is 13.7. The first kappa shape index (κ1) is 30.2. The molecule has 3 atom stereocenters. The lowest BCUT2D eigenvalue weighted by atomic mass is 10.0. The van der Waals surface area contributed by atoms with Gasteiger partial charge in [0, 0.05) is 63.2 Å². The van der Waals surface area contributed by atoms with E-state index in [4.69, 9.17) is 9.47 Å². The van der Waals surface area contributed by atoms with E-state index in [9.17, 15) is 9.59 Å². The van der Waals surface area contributed by atoms with Crippen molar-refractivity contribution in [1.82, 2.24) is 14.8 Å². The van der Waals surface area contributed by atoms with Crippen molar-refractivity contribution < 1.29 is 19.1 Å². The molecule has 1 aromatic heterocycles. The molecule has 0 radical (unpaired) electrons. The topological polar surface area (TPSA) is 84.0 Å². The summed E-state index contributed by atoms with van der Waals surface area (Å²) in [5, 5.41) is 2.90. The van der Waals surface area contributed by atoms with Gasteiger partial charge in [-0.15, -0.1) is 0 Å². The summed E-state index contributed by atoms with van der Waals surface area (Å²) in [6.07, 6.45) is 1.65. The molecule has 41 heavy (non-hydrogen) atoms. The van der Waals surface area contributed by atoms with Crippen molar-refractivity contribution in [3.05, 3.63) is 78.0 Å². The molecule has 0 fully saturated rings. The zero-order valence-electron chi connectivity index (χ0n) is 25.0. The molecular weight excluding hydrogens is 516 g/mol. The monoisotopic (exact) mass is 558 g/mol. The van der Waals surface area contributed by atoms with Crippen LogP contribution in [0.1, 0.15) is 43.6 Å². The zero-order valence-corrected chi connectivity index (χ0v) is 25.0. The number of rotatable bonds is 6. The van der Waals surface area contributed by atoms with Gasteiger partial charge in [0.2, 0.25) is 5.91 Å². The largest absolute Gasteiger partial charge is 0.491 e. The van der Waals surface area contributed by atoms with Gasteiger partial charge in [0.1, 0.15) is 12.4 Å². The maximum Gasteiger partial charge on any atom is 0.257 e. The average Bonchev–Trinajstić information content (AvgIpc) is 2.98. The Morgan fingerprint density at radius 3 is 2.51 bits per heavy atom. The molecule has 3 aromatic rings. The molecule has 2 aromatic carbocycles. The molecular formula is C33H42N4O4. The van der Waals surface area contributed by atoms with Gasteiger partial charge in [-0.3, -0.25) is 19.5 Å². The lowest BCUT2D eigenvalue weighted by molar-refractivity contribution is -0.118. The summed E-state index contributed by atoms with van der Waals surface area (Å²) in [6, 6.07) is 19.8. The molecule has 2 heterocycles. The Morgan fingerprint density at radius 1 is 1.10 bits per heavy atom. The van der Waals surface area contributed by atoms with Crippen molar-refractivity contribution in [3.8, 4) is 17.0 Å². The summed E-state index contributed by atoms with van der Waals surface area (Å²) < 4.78 is 12.2. The Morgan fingerprint density at radius 2 is 1.85 bits per heavy atom. The minimum Gasteiger partial charge on any atom is -0.491 e. The summed E-state index contributed by atoms with van der Waals surface area (Å²) in [7, 11) is 3.48. The second-order valence-electron chi connectivity index (χ2n) is 11.3. The number of carbonyl (C=O) groups excluding carboxylic acids is 2. The predicted molar refractivity (Wildman–Crippen MR) is 162 cm³/mol. The van der Waals surface area contributed by atoms with Gasteiger partial charge in [-0.25, -0.2) is 0 Å². The highest BCUT2D eigenvalue weighted by molar-refractivity contribution is 5.99. The van der Waals surface area contributed by atoms with Gasteiger partial charge in [-0.05, 0) is 48.7 Å². The number of likely N-dealkylation sites (N-methyl/N-ethyl adjacent to an activating group) is 1. The van der Waals surface area contributed by atoms with Gasteiger partial charge >= 0.3 is 0 Å². The van der Waals surface area contributed by atoms with Crippen molar-refractivity contribution in [2.24, 2.45) is 11.8 Å². The first-order chi connectivity index (χ1) is 19.7. The van der Waals surface area contributed by atoms with Gasteiger partial charge in [-0.2, -0.15) is 0 Å². The summed E-state index contributed by atoms with van der Waals surface area (Å²) in [6.45, 7) is 10.3. The average molecular weight is 559 g/mol. The van der Waals surface area contributed by atoms with Crippen molar-refractivity contribution in [2.45, 2.75) is 46.4 Å². The van der Waals surface area contributed by atoms with E-state index in [1.807, 2.05) is 32.0 Å². The fraction of sp³-hybridized carbons (Fsp3) is 0.424. The number of fused-ring (bicyclic) bond motifs is 1. The Balaban J connectivity index is 1.59. The van der Waals surface area contributed by atoms with E-state index in [1.165, 1.54) is 5.56 Å². The van der Waals surface area contributed by atoms with Crippen LogP contribution in [0.5, 0.6) is 5.75 Å². The Kier molecular flexibility index (Phi) is 10.1. The normalized spacial score (nSPS) is 20.5. The highest BCUT2D eigenvalue weighted by atomic mass is 16.5. The SMILES string of the molecule is CO[C@H]1CN(C)C(=O)c2cc(NC(=O)C(C)C)ccc2OC[C@H](C)N(Cc2ccc(-c3ccccn3)cc2)C[C@@H]1C. The number of hydrogen-bond acceptors (Lipinski definition) is 6. The van der Waals surface area contributed by atoms with E-state index in [0.717, 1.165) is 24.3 Å². The molecule has 0 bridgehead atoms. The number of benzene rings is 2. The third-order valence-electron chi connectivity index (χ3n) is 7.67. The van der Waals surface area contributed by atoms with Crippen LogP contribution in [0.4, 0.5) is 5.69 Å². The van der Waals surface area contributed by atoms with Crippen LogP contribution in [0.15, 0.2) is 66.9 Å². The smallest absolute Gasteiger partial charge is 0.257 e. The van der Waals surface area contributed by atoms with Crippen LogP contribution in [0, 0.1) is 11.8 Å². The number of ether oxygens (including phenoxy) is 2.